The van der Waals surface area contributed by atoms with Gasteiger partial charge in [0.15, 0.2) is 0 Å². The number of ether oxygens (including phenoxy) is 1. The van der Waals surface area contributed by atoms with Crippen molar-refractivity contribution in [2.75, 3.05) is 7.11 Å². The molecular weight excluding hydrogens is 346 g/mol. The summed E-state index contributed by atoms with van der Waals surface area (Å²) in [6.07, 6.45) is 6.34. The standard InChI is InChI=1S/C20H25N3O4/c1-27-16-9-7-14(8-10-16)18-15(12-22-23-18)11-21-19(24)17(20(25)26)13-5-3-2-4-6-13/h7-10,12-13,17H,2-6,11H2,1H3,(H,21,24)(H,22,23)(H,25,26)/t17-/m0/s1. The monoisotopic (exact) mass is 371 g/mol. The number of nitrogens with zero attached hydrogens (tertiary/aromatic N) is 1. The van der Waals surface area contributed by atoms with Gasteiger partial charge in [0.25, 0.3) is 0 Å². The molecule has 144 valence electrons. The molecule has 7 heteroatoms. The minimum absolute atomic E-state index is 0.0818. The van der Waals surface area contributed by atoms with Gasteiger partial charge in [-0.15, -0.1) is 0 Å². The zero-order chi connectivity index (χ0) is 19.2. The number of nitrogens with one attached hydrogen (secondary N) is 2. The molecule has 1 aromatic heterocycles. The number of methoxy groups -OCH3 is 1. The average molecular weight is 371 g/mol. The molecule has 1 fully saturated rings. The zero-order valence-corrected chi connectivity index (χ0v) is 15.4. The Kier molecular flexibility index (Phi) is 6.11. The van der Waals surface area contributed by atoms with E-state index in [-0.39, 0.29) is 12.5 Å². The van der Waals surface area contributed by atoms with Gasteiger partial charge in [0, 0.05) is 17.7 Å². The molecule has 3 N–H and O–H groups in total. The fourth-order valence-corrected chi connectivity index (χ4v) is 3.74. The molecule has 27 heavy (non-hydrogen) atoms. The van der Waals surface area contributed by atoms with E-state index in [1.165, 1.54) is 0 Å². The third-order valence-corrected chi connectivity index (χ3v) is 5.22. The number of aliphatic carboxylic acids is 1. The minimum Gasteiger partial charge on any atom is -0.497 e. The van der Waals surface area contributed by atoms with Crippen LogP contribution in [0.15, 0.2) is 30.5 Å². The van der Waals surface area contributed by atoms with Crippen LogP contribution in [-0.4, -0.2) is 34.3 Å². The number of amides is 1. The van der Waals surface area contributed by atoms with Crippen molar-refractivity contribution in [3.63, 3.8) is 0 Å². The summed E-state index contributed by atoms with van der Waals surface area (Å²) in [6, 6.07) is 7.50. The van der Waals surface area contributed by atoms with Gasteiger partial charge in [-0.3, -0.25) is 14.7 Å². The Morgan fingerprint density at radius 3 is 2.59 bits per heavy atom. The molecule has 2 aromatic rings. The highest BCUT2D eigenvalue weighted by Gasteiger charge is 2.35. The molecule has 1 aliphatic rings. The van der Waals surface area contributed by atoms with Gasteiger partial charge in [-0.05, 0) is 43.0 Å². The summed E-state index contributed by atoms with van der Waals surface area (Å²) in [4.78, 5) is 24.2. The zero-order valence-electron chi connectivity index (χ0n) is 15.4. The Balaban J connectivity index is 1.68. The summed E-state index contributed by atoms with van der Waals surface area (Å²) in [5.74, 6) is -1.77. The van der Waals surface area contributed by atoms with Crippen molar-refractivity contribution < 1.29 is 19.4 Å². The molecule has 1 aromatic carbocycles. The van der Waals surface area contributed by atoms with E-state index in [1.807, 2.05) is 24.3 Å². The molecule has 1 heterocycles. The lowest BCUT2D eigenvalue weighted by atomic mass is 9.79. The number of aromatic amines is 1. The average Bonchev–Trinajstić information content (AvgIpc) is 3.16. The van der Waals surface area contributed by atoms with Crippen LogP contribution >= 0.6 is 0 Å². The first kappa shape index (κ1) is 18.9. The smallest absolute Gasteiger partial charge is 0.316 e. The molecule has 1 atom stereocenters. The van der Waals surface area contributed by atoms with E-state index < -0.39 is 17.8 Å². The maximum absolute atomic E-state index is 12.6. The number of carbonyl (C=O) groups excluding carboxylic acids is 1. The Morgan fingerprint density at radius 2 is 1.96 bits per heavy atom. The summed E-state index contributed by atoms with van der Waals surface area (Å²) in [5, 5.41) is 19.3. The van der Waals surface area contributed by atoms with Crippen molar-refractivity contribution in [1.29, 1.82) is 0 Å². The number of rotatable bonds is 7. The van der Waals surface area contributed by atoms with Crippen molar-refractivity contribution in [2.45, 2.75) is 38.6 Å². The highest BCUT2D eigenvalue weighted by Crippen LogP contribution is 2.30. The van der Waals surface area contributed by atoms with Gasteiger partial charge < -0.3 is 15.2 Å². The number of benzene rings is 1. The number of carboxylic acid groups (broad SMARTS) is 1. The second-order valence-corrected chi connectivity index (χ2v) is 6.93. The highest BCUT2D eigenvalue weighted by molar-refractivity contribution is 5.97. The molecule has 0 radical (unpaired) electrons. The Bertz CT molecular complexity index is 779. The summed E-state index contributed by atoms with van der Waals surface area (Å²) in [5.41, 5.74) is 2.52. The molecule has 7 nitrogen and oxygen atoms in total. The number of carbonyl (C=O) groups is 2. The largest absolute Gasteiger partial charge is 0.497 e. The second-order valence-electron chi connectivity index (χ2n) is 6.93. The van der Waals surface area contributed by atoms with Crippen molar-refractivity contribution >= 4 is 11.9 Å². The van der Waals surface area contributed by atoms with Crippen LogP contribution in [0.3, 0.4) is 0 Å². The van der Waals surface area contributed by atoms with Gasteiger partial charge in [-0.25, -0.2) is 0 Å². The van der Waals surface area contributed by atoms with Gasteiger partial charge in [-0.2, -0.15) is 5.10 Å². The molecule has 0 unspecified atom stereocenters. The summed E-state index contributed by atoms with van der Waals surface area (Å²) >= 11 is 0. The SMILES string of the molecule is COc1ccc(-c2[nH]ncc2CNC(=O)[C@@H](C(=O)O)C2CCCCC2)cc1. The van der Waals surface area contributed by atoms with E-state index in [9.17, 15) is 14.7 Å². The van der Waals surface area contributed by atoms with Crippen LogP contribution < -0.4 is 10.1 Å². The summed E-state index contributed by atoms with van der Waals surface area (Å²) in [6.45, 7) is 0.229. The van der Waals surface area contributed by atoms with Crippen molar-refractivity contribution in [1.82, 2.24) is 15.5 Å². The van der Waals surface area contributed by atoms with E-state index in [0.717, 1.165) is 54.7 Å². The van der Waals surface area contributed by atoms with Gasteiger partial charge in [0.1, 0.15) is 11.7 Å². The summed E-state index contributed by atoms with van der Waals surface area (Å²) < 4.78 is 5.16. The van der Waals surface area contributed by atoms with Crippen LogP contribution in [0.25, 0.3) is 11.3 Å². The number of carboxylic acids is 1. The maximum Gasteiger partial charge on any atom is 0.316 e. The van der Waals surface area contributed by atoms with Crippen molar-refractivity contribution in [3.8, 4) is 17.0 Å². The van der Waals surface area contributed by atoms with E-state index in [4.69, 9.17) is 4.74 Å². The first-order valence-electron chi connectivity index (χ1n) is 9.27. The molecule has 1 saturated carbocycles. The van der Waals surface area contributed by atoms with Crippen LogP contribution in [0.5, 0.6) is 5.75 Å². The van der Waals surface area contributed by atoms with Crippen molar-refractivity contribution in [3.05, 3.63) is 36.0 Å². The van der Waals surface area contributed by atoms with Gasteiger partial charge in [-0.1, -0.05) is 19.3 Å². The van der Waals surface area contributed by atoms with Crippen molar-refractivity contribution in [2.24, 2.45) is 11.8 Å². The molecule has 0 bridgehead atoms. The van der Waals surface area contributed by atoms with Gasteiger partial charge in [0.2, 0.25) is 5.91 Å². The van der Waals surface area contributed by atoms with Gasteiger partial charge in [0.05, 0.1) is 19.0 Å². The highest BCUT2D eigenvalue weighted by atomic mass is 16.5. The first-order valence-corrected chi connectivity index (χ1v) is 9.27. The minimum atomic E-state index is -1.04. The molecule has 1 amide bonds. The lowest BCUT2D eigenvalue weighted by Crippen LogP contribution is -2.40. The number of H-pyrrole nitrogens is 1. The van der Waals surface area contributed by atoms with Crippen LogP contribution in [-0.2, 0) is 16.1 Å². The Morgan fingerprint density at radius 1 is 1.26 bits per heavy atom. The third-order valence-electron chi connectivity index (χ3n) is 5.22. The fourth-order valence-electron chi connectivity index (χ4n) is 3.74. The predicted molar refractivity (Wildman–Crippen MR) is 100 cm³/mol. The topological polar surface area (TPSA) is 104 Å². The fraction of sp³-hybridized carbons (Fsp3) is 0.450. The number of hydrogen-bond donors (Lipinski definition) is 3. The molecule has 0 aliphatic heterocycles. The van der Waals surface area contributed by atoms with Crippen LogP contribution in [0, 0.1) is 11.8 Å². The van der Waals surface area contributed by atoms with Gasteiger partial charge >= 0.3 is 5.97 Å². The van der Waals surface area contributed by atoms with Crippen LogP contribution in [0.1, 0.15) is 37.7 Å². The molecule has 0 saturated heterocycles. The molecule has 0 spiro atoms. The van der Waals surface area contributed by atoms with E-state index in [0.29, 0.717) is 0 Å². The Labute approximate surface area is 158 Å². The maximum atomic E-state index is 12.6. The third kappa shape index (κ3) is 4.48. The number of hydrogen-bond acceptors (Lipinski definition) is 4. The van der Waals surface area contributed by atoms with E-state index in [1.54, 1.807) is 13.3 Å². The first-order chi connectivity index (χ1) is 13.1. The normalized spacial score (nSPS) is 15.9. The van der Waals surface area contributed by atoms with E-state index >= 15 is 0 Å². The van der Waals surface area contributed by atoms with Crippen LogP contribution in [0.4, 0.5) is 0 Å². The quantitative estimate of drug-likeness (QED) is 0.649. The Hall–Kier alpha value is -2.83. The lowest BCUT2D eigenvalue weighted by Gasteiger charge is -2.26. The second kappa shape index (κ2) is 8.70. The summed E-state index contributed by atoms with van der Waals surface area (Å²) in [7, 11) is 1.61. The molecule has 3 rings (SSSR count). The van der Waals surface area contributed by atoms with E-state index in [2.05, 4.69) is 15.5 Å². The molecular formula is C20H25N3O4. The number of aromatic nitrogens is 2. The lowest BCUT2D eigenvalue weighted by molar-refractivity contribution is -0.150. The molecule has 1 aliphatic carbocycles. The predicted octanol–water partition coefficient (Wildman–Crippen LogP) is 2.98. The van der Waals surface area contributed by atoms with Crippen LogP contribution in [0.2, 0.25) is 0 Å².